The number of carbonyl (C=O) groups is 1. The summed E-state index contributed by atoms with van der Waals surface area (Å²) >= 11 is 0. The van der Waals surface area contributed by atoms with Crippen molar-refractivity contribution in [3.63, 3.8) is 0 Å². The Balaban J connectivity index is 2.16. The van der Waals surface area contributed by atoms with E-state index in [1.54, 1.807) is 19.3 Å². The van der Waals surface area contributed by atoms with Gasteiger partial charge in [0, 0.05) is 29.9 Å². The SMILES string of the molecule is COCC(C)(C)c1cc(NC(=O)C(C)(C)S(O)(O)C2=CCOCC2)no1. The zero-order valence-electron chi connectivity index (χ0n) is 15.9. The molecule has 3 N–H and O–H groups in total. The third-order valence-electron chi connectivity index (χ3n) is 4.47. The second-order valence-electron chi connectivity index (χ2n) is 7.40. The van der Waals surface area contributed by atoms with Crippen molar-refractivity contribution in [3.8, 4) is 0 Å². The van der Waals surface area contributed by atoms with Crippen LogP contribution in [-0.2, 0) is 19.7 Å². The van der Waals surface area contributed by atoms with Crippen LogP contribution >= 0.6 is 10.6 Å². The van der Waals surface area contributed by atoms with E-state index in [9.17, 15) is 13.9 Å². The highest BCUT2D eigenvalue weighted by Gasteiger charge is 2.44. The van der Waals surface area contributed by atoms with Gasteiger partial charge in [0.25, 0.3) is 5.91 Å². The minimum Gasteiger partial charge on any atom is -0.384 e. The quantitative estimate of drug-likeness (QED) is 0.656. The van der Waals surface area contributed by atoms with Crippen LogP contribution in [0.4, 0.5) is 5.82 Å². The Kier molecular flexibility index (Phi) is 6.19. The number of carbonyl (C=O) groups excluding carboxylic acids is 1. The summed E-state index contributed by atoms with van der Waals surface area (Å²) < 4.78 is 35.7. The molecule has 0 unspecified atom stereocenters. The average Bonchev–Trinajstić information content (AvgIpc) is 3.05. The summed E-state index contributed by atoms with van der Waals surface area (Å²) in [7, 11) is -1.72. The molecule has 0 saturated heterocycles. The number of hydrogen-bond donors (Lipinski definition) is 3. The summed E-state index contributed by atoms with van der Waals surface area (Å²) in [6, 6.07) is 1.62. The van der Waals surface area contributed by atoms with Crippen LogP contribution in [0.3, 0.4) is 0 Å². The van der Waals surface area contributed by atoms with E-state index in [0.29, 0.717) is 36.9 Å². The fourth-order valence-electron chi connectivity index (χ4n) is 2.58. The van der Waals surface area contributed by atoms with Crippen molar-refractivity contribution >= 4 is 22.3 Å². The van der Waals surface area contributed by atoms with Crippen LogP contribution in [0.15, 0.2) is 21.6 Å². The first-order chi connectivity index (χ1) is 12.0. The standard InChI is InChI=1S/C17H28N2O6S/c1-16(2,11-23-5)13-10-14(19-25-13)18-15(20)17(3,4)26(21,22)12-6-8-24-9-7-12/h6,10,21-22H,7-9,11H2,1-5H3,(H,18,19,20). The number of amides is 1. The molecule has 0 aliphatic carbocycles. The molecule has 0 bridgehead atoms. The van der Waals surface area contributed by atoms with E-state index >= 15 is 0 Å². The molecule has 1 aliphatic heterocycles. The topological polar surface area (TPSA) is 114 Å². The van der Waals surface area contributed by atoms with Gasteiger partial charge in [0.1, 0.15) is 10.5 Å². The molecule has 1 amide bonds. The minimum absolute atomic E-state index is 0.221. The molecule has 0 radical (unpaired) electrons. The monoisotopic (exact) mass is 388 g/mol. The van der Waals surface area contributed by atoms with Gasteiger partial charge in [-0.1, -0.05) is 19.0 Å². The first kappa shape index (κ1) is 20.9. The lowest BCUT2D eigenvalue weighted by atomic mass is 9.91. The van der Waals surface area contributed by atoms with Crippen LogP contribution in [0.2, 0.25) is 0 Å². The fraction of sp³-hybridized carbons (Fsp3) is 0.647. The maximum absolute atomic E-state index is 12.7. The third kappa shape index (κ3) is 4.12. The van der Waals surface area contributed by atoms with Crippen LogP contribution < -0.4 is 5.32 Å². The van der Waals surface area contributed by atoms with Gasteiger partial charge in [0.15, 0.2) is 5.82 Å². The Bertz CT molecular complexity index is 681. The molecule has 1 aliphatic rings. The normalized spacial score (nSPS) is 17.0. The zero-order chi connectivity index (χ0) is 19.6. The van der Waals surface area contributed by atoms with Crippen molar-refractivity contribution < 1.29 is 27.9 Å². The van der Waals surface area contributed by atoms with Gasteiger partial charge in [-0.3, -0.25) is 13.9 Å². The summed E-state index contributed by atoms with van der Waals surface area (Å²) in [5.41, 5.74) is -0.407. The molecule has 2 heterocycles. The first-order valence-corrected chi connectivity index (χ1v) is 9.89. The predicted octanol–water partition coefficient (Wildman–Crippen LogP) is 3.37. The van der Waals surface area contributed by atoms with Gasteiger partial charge in [-0.2, -0.15) is 10.6 Å². The second-order valence-corrected chi connectivity index (χ2v) is 10.0. The fourth-order valence-corrected chi connectivity index (χ4v) is 4.21. The average molecular weight is 388 g/mol. The lowest BCUT2D eigenvalue weighted by Crippen LogP contribution is -2.42. The van der Waals surface area contributed by atoms with E-state index in [2.05, 4.69) is 10.5 Å². The van der Waals surface area contributed by atoms with Crippen LogP contribution in [0, 0.1) is 0 Å². The highest BCUT2D eigenvalue weighted by Crippen LogP contribution is 2.60. The summed E-state index contributed by atoms with van der Waals surface area (Å²) in [5, 5.41) is 6.48. The van der Waals surface area contributed by atoms with Gasteiger partial charge < -0.3 is 19.3 Å². The van der Waals surface area contributed by atoms with E-state index in [0.717, 1.165) is 0 Å². The largest absolute Gasteiger partial charge is 0.384 e. The van der Waals surface area contributed by atoms with Gasteiger partial charge >= 0.3 is 0 Å². The number of hydrogen-bond acceptors (Lipinski definition) is 7. The van der Waals surface area contributed by atoms with E-state index in [-0.39, 0.29) is 5.82 Å². The molecule has 0 spiro atoms. The Morgan fingerprint density at radius 3 is 2.65 bits per heavy atom. The third-order valence-corrected chi connectivity index (χ3v) is 7.18. The molecule has 0 saturated carbocycles. The number of nitrogens with one attached hydrogen (secondary N) is 1. The molecule has 0 atom stereocenters. The smallest absolute Gasteiger partial charge is 0.250 e. The summed E-state index contributed by atoms with van der Waals surface area (Å²) in [5.74, 6) is 0.235. The number of nitrogens with zero attached hydrogens (tertiary/aromatic N) is 1. The van der Waals surface area contributed by atoms with Crippen LogP contribution in [0.25, 0.3) is 0 Å². The van der Waals surface area contributed by atoms with Crippen LogP contribution in [0.1, 0.15) is 39.9 Å². The molecule has 1 aromatic heterocycles. The summed E-state index contributed by atoms with van der Waals surface area (Å²) in [6.45, 7) is 8.01. The number of aromatic nitrogens is 1. The number of methoxy groups -OCH3 is 1. The zero-order valence-corrected chi connectivity index (χ0v) is 16.7. The van der Waals surface area contributed by atoms with Crippen LogP contribution in [-0.4, -0.2) is 51.8 Å². The van der Waals surface area contributed by atoms with E-state index in [1.165, 1.54) is 13.8 Å². The van der Waals surface area contributed by atoms with Crippen molar-refractivity contribution in [2.24, 2.45) is 0 Å². The molecule has 2 rings (SSSR count). The molecule has 26 heavy (non-hydrogen) atoms. The number of rotatable bonds is 7. The number of anilines is 1. The van der Waals surface area contributed by atoms with E-state index in [1.807, 2.05) is 13.8 Å². The second kappa shape index (κ2) is 7.69. The first-order valence-electron chi connectivity index (χ1n) is 8.34. The van der Waals surface area contributed by atoms with Crippen molar-refractivity contribution in [2.75, 3.05) is 32.2 Å². The Morgan fingerprint density at radius 1 is 1.38 bits per heavy atom. The molecule has 0 aromatic carbocycles. The molecule has 1 aromatic rings. The minimum atomic E-state index is -3.32. The van der Waals surface area contributed by atoms with Gasteiger partial charge in [-0.05, 0) is 19.9 Å². The molecule has 9 heteroatoms. The summed E-state index contributed by atoms with van der Waals surface area (Å²) in [6.07, 6.45) is 2.02. The van der Waals surface area contributed by atoms with E-state index < -0.39 is 26.7 Å². The van der Waals surface area contributed by atoms with Gasteiger partial charge in [0.05, 0.1) is 19.8 Å². The molecule has 8 nitrogen and oxygen atoms in total. The van der Waals surface area contributed by atoms with Crippen molar-refractivity contribution in [1.29, 1.82) is 0 Å². The van der Waals surface area contributed by atoms with Gasteiger partial charge in [0.2, 0.25) is 0 Å². The Labute approximate surface area is 155 Å². The lowest BCUT2D eigenvalue weighted by molar-refractivity contribution is -0.118. The summed E-state index contributed by atoms with van der Waals surface area (Å²) in [4.78, 5) is 13.2. The molecule has 148 valence electrons. The Morgan fingerprint density at radius 2 is 2.08 bits per heavy atom. The highest BCUT2D eigenvalue weighted by atomic mass is 32.3. The van der Waals surface area contributed by atoms with Gasteiger partial charge in [-0.15, -0.1) is 0 Å². The van der Waals surface area contributed by atoms with Crippen molar-refractivity contribution in [1.82, 2.24) is 5.16 Å². The highest BCUT2D eigenvalue weighted by molar-refractivity contribution is 8.29. The maximum atomic E-state index is 12.7. The van der Waals surface area contributed by atoms with Crippen LogP contribution in [0.5, 0.6) is 0 Å². The van der Waals surface area contributed by atoms with Crippen molar-refractivity contribution in [3.05, 3.63) is 22.8 Å². The maximum Gasteiger partial charge on any atom is 0.250 e. The number of ether oxygens (including phenoxy) is 2. The Hall–Kier alpha value is -1.39. The van der Waals surface area contributed by atoms with E-state index in [4.69, 9.17) is 14.0 Å². The lowest BCUT2D eigenvalue weighted by Gasteiger charge is -2.47. The molecule has 0 fully saturated rings. The molecular weight excluding hydrogens is 360 g/mol. The van der Waals surface area contributed by atoms with Crippen molar-refractivity contribution in [2.45, 2.75) is 44.3 Å². The predicted molar refractivity (Wildman–Crippen MR) is 100 cm³/mol. The van der Waals surface area contributed by atoms with Gasteiger partial charge in [-0.25, -0.2) is 0 Å². The molecular formula is C17H28N2O6S.